The van der Waals surface area contributed by atoms with Crippen molar-refractivity contribution in [2.75, 3.05) is 11.5 Å². The number of hydrogen-bond donors (Lipinski definition) is 0. The van der Waals surface area contributed by atoms with Gasteiger partial charge in [0, 0.05) is 0 Å². The molecule has 0 spiro atoms. The number of carbonyl (C=O) groups is 1. The van der Waals surface area contributed by atoms with E-state index in [0.717, 1.165) is 11.5 Å². The molecule has 1 aromatic rings. The topological polar surface area (TPSA) is 26.3 Å². The monoisotopic (exact) mass is 288 g/mol. The first-order valence-corrected chi connectivity index (χ1v) is 11.4. The summed E-state index contributed by atoms with van der Waals surface area (Å²) in [5, 5.41) is 0. The van der Waals surface area contributed by atoms with Crippen molar-refractivity contribution in [3.05, 3.63) is 35.9 Å². The van der Waals surface area contributed by atoms with Crippen LogP contribution in [0.3, 0.4) is 0 Å². The fraction of sp³-hybridized carbons (Fsp3) is 0.222. The van der Waals surface area contributed by atoms with Gasteiger partial charge >= 0.3 is 94.6 Å². The third-order valence-electron chi connectivity index (χ3n) is 1.64. The van der Waals surface area contributed by atoms with Crippen LogP contribution in [0.4, 0.5) is 0 Å². The van der Waals surface area contributed by atoms with E-state index in [-0.39, 0.29) is 5.97 Å². The zero-order valence-corrected chi connectivity index (χ0v) is 10.9. The van der Waals surface area contributed by atoms with Gasteiger partial charge in [-0.05, 0) is 0 Å². The molecular formula is C9H9AsO2S2. The standard InChI is InChI=1S/C9H9AsO2S2/c11-9(8-4-2-1-3-5-8)12-10-13-6-7-14-10/h1-5H,6-7H2. The Morgan fingerprint density at radius 2 is 1.86 bits per heavy atom. The van der Waals surface area contributed by atoms with Crippen molar-refractivity contribution in [2.45, 2.75) is 0 Å². The summed E-state index contributed by atoms with van der Waals surface area (Å²) in [6.07, 6.45) is 0. The molecule has 2 nitrogen and oxygen atoms in total. The van der Waals surface area contributed by atoms with Crippen LogP contribution in [0.2, 0.25) is 0 Å². The summed E-state index contributed by atoms with van der Waals surface area (Å²) in [7, 11) is 3.66. The van der Waals surface area contributed by atoms with E-state index in [2.05, 4.69) is 0 Å². The van der Waals surface area contributed by atoms with E-state index < -0.39 is 12.7 Å². The predicted molar refractivity (Wildman–Crippen MR) is 62.5 cm³/mol. The summed E-state index contributed by atoms with van der Waals surface area (Å²) in [6, 6.07) is 9.19. The van der Waals surface area contributed by atoms with Crippen LogP contribution < -0.4 is 0 Å². The van der Waals surface area contributed by atoms with Crippen LogP contribution in [0.5, 0.6) is 0 Å². The molecule has 1 saturated heterocycles. The van der Waals surface area contributed by atoms with E-state index in [1.54, 1.807) is 12.1 Å². The van der Waals surface area contributed by atoms with Crippen molar-refractivity contribution in [3.63, 3.8) is 0 Å². The molecule has 0 atom stereocenters. The number of carbonyl (C=O) groups excluding carboxylic acids is 1. The first-order valence-electron chi connectivity index (χ1n) is 4.19. The molecule has 1 heterocycles. The fourth-order valence-electron chi connectivity index (χ4n) is 1.01. The molecule has 5 heteroatoms. The van der Waals surface area contributed by atoms with Gasteiger partial charge < -0.3 is 0 Å². The molecule has 0 unspecified atom stereocenters. The quantitative estimate of drug-likeness (QED) is 0.780. The summed E-state index contributed by atoms with van der Waals surface area (Å²) < 4.78 is 5.43. The molecule has 0 N–H and O–H groups in total. The van der Waals surface area contributed by atoms with Gasteiger partial charge in [0.2, 0.25) is 0 Å². The average Bonchev–Trinajstić information content (AvgIpc) is 2.72. The minimum atomic E-state index is -1.39. The van der Waals surface area contributed by atoms with Crippen LogP contribution in [0, 0.1) is 0 Å². The Hall–Kier alpha value is -0.0516. The molecule has 2 rings (SSSR count). The van der Waals surface area contributed by atoms with Gasteiger partial charge in [0.1, 0.15) is 0 Å². The van der Waals surface area contributed by atoms with Crippen LogP contribution in [0.1, 0.15) is 10.4 Å². The van der Waals surface area contributed by atoms with E-state index in [9.17, 15) is 4.79 Å². The van der Waals surface area contributed by atoms with Gasteiger partial charge in [0.15, 0.2) is 0 Å². The Morgan fingerprint density at radius 3 is 2.50 bits per heavy atom. The first kappa shape index (κ1) is 10.5. The van der Waals surface area contributed by atoms with Crippen molar-refractivity contribution in [2.24, 2.45) is 0 Å². The van der Waals surface area contributed by atoms with Crippen molar-refractivity contribution in [1.82, 2.24) is 0 Å². The fourth-order valence-corrected chi connectivity index (χ4v) is 12.6. The molecule has 1 aliphatic rings. The van der Waals surface area contributed by atoms with Crippen molar-refractivity contribution in [1.29, 1.82) is 0 Å². The Balaban J connectivity index is 1.95. The van der Waals surface area contributed by atoms with E-state index >= 15 is 0 Å². The van der Waals surface area contributed by atoms with Crippen LogP contribution in [0.15, 0.2) is 30.3 Å². The maximum atomic E-state index is 11.6. The van der Waals surface area contributed by atoms with Crippen LogP contribution in [-0.4, -0.2) is 30.2 Å². The maximum absolute atomic E-state index is 11.6. The summed E-state index contributed by atoms with van der Waals surface area (Å²) >= 11 is -1.39. The zero-order chi connectivity index (χ0) is 9.80. The molecule has 14 heavy (non-hydrogen) atoms. The third-order valence-corrected chi connectivity index (χ3v) is 12.8. The van der Waals surface area contributed by atoms with Crippen molar-refractivity contribution >= 4 is 38.7 Å². The van der Waals surface area contributed by atoms with Gasteiger partial charge in [-0.3, -0.25) is 0 Å². The third kappa shape index (κ3) is 2.72. The predicted octanol–water partition coefficient (Wildman–Crippen LogP) is 2.31. The zero-order valence-electron chi connectivity index (χ0n) is 7.38. The summed E-state index contributed by atoms with van der Waals surface area (Å²) in [4.78, 5) is 11.6. The van der Waals surface area contributed by atoms with Crippen LogP contribution in [0.25, 0.3) is 0 Å². The normalized spacial score (nSPS) is 16.9. The first-order chi connectivity index (χ1) is 6.86. The second-order valence-electron chi connectivity index (χ2n) is 2.63. The Morgan fingerprint density at radius 1 is 1.21 bits per heavy atom. The van der Waals surface area contributed by atoms with Gasteiger partial charge in [-0.2, -0.15) is 0 Å². The van der Waals surface area contributed by atoms with Crippen LogP contribution >= 0.6 is 20.0 Å². The molecular weight excluding hydrogens is 279 g/mol. The van der Waals surface area contributed by atoms with Gasteiger partial charge in [-0.25, -0.2) is 0 Å². The average molecular weight is 288 g/mol. The molecule has 1 aromatic carbocycles. The number of rotatable bonds is 2. The van der Waals surface area contributed by atoms with Crippen molar-refractivity contribution in [3.8, 4) is 0 Å². The summed E-state index contributed by atoms with van der Waals surface area (Å²) in [5.74, 6) is 2.10. The van der Waals surface area contributed by atoms with Gasteiger partial charge in [0.25, 0.3) is 0 Å². The molecule has 1 aliphatic heterocycles. The van der Waals surface area contributed by atoms with Gasteiger partial charge in [0.05, 0.1) is 0 Å². The molecule has 0 aliphatic carbocycles. The molecule has 0 saturated carbocycles. The summed E-state index contributed by atoms with van der Waals surface area (Å²) in [5.41, 5.74) is 0.662. The molecule has 0 bridgehead atoms. The Labute approximate surface area is 94.4 Å². The molecule has 0 aromatic heterocycles. The van der Waals surface area contributed by atoms with Crippen molar-refractivity contribution < 1.29 is 8.52 Å². The van der Waals surface area contributed by atoms with E-state index in [4.69, 9.17) is 3.73 Å². The Bertz CT molecular complexity index is 312. The molecule has 74 valence electrons. The molecule has 0 radical (unpaired) electrons. The number of hydrogen-bond acceptors (Lipinski definition) is 4. The van der Waals surface area contributed by atoms with Gasteiger partial charge in [-0.1, -0.05) is 0 Å². The molecule has 0 amide bonds. The summed E-state index contributed by atoms with van der Waals surface area (Å²) in [6.45, 7) is 0. The van der Waals surface area contributed by atoms with Crippen LogP contribution in [-0.2, 0) is 3.73 Å². The number of benzene rings is 1. The van der Waals surface area contributed by atoms with Gasteiger partial charge in [-0.15, -0.1) is 0 Å². The Kier molecular flexibility index (Phi) is 3.85. The van der Waals surface area contributed by atoms with E-state index in [1.165, 1.54) is 0 Å². The second-order valence-corrected chi connectivity index (χ2v) is 13.2. The SMILES string of the molecule is O=C(O[As]1SCCS1)c1ccccc1. The van der Waals surface area contributed by atoms with E-state index in [1.807, 2.05) is 38.2 Å². The van der Waals surface area contributed by atoms with E-state index in [0.29, 0.717) is 5.56 Å². The second kappa shape index (κ2) is 5.15. The molecule has 1 fully saturated rings. The minimum absolute atomic E-state index is 0.160.